The third kappa shape index (κ3) is 6.21. The first-order chi connectivity index (χ1) is 28.2. The Hall–Kier alpha value is -7.63. The lowest BCUT2D eigenvalue weighted by Crippen LogP contribution is -2.06. The van der Waals surface area contributed by atoms with Crippen LogP contribution in [-0.4, -0.2) is 27.5 Å². The minimum absolute atomic E-state index is 0.485. The quantitative estimate of drug-likeness (QED) is 0.116. The zero-order valence-corrected chi connectivity index (χ0v) is 31.2. The Morgan fingerprint density at radius 2 is 0.947 bits per heavy atom. The molecule has 2 heterocycles. The van der Waals surface area contributed by atoms with E-state index in [-0.39, 0.29) is 0 Å². The number of amidine groups is 2. The predicted octanol–water partition coefficient (Wildman–Crippen LogP) is 12.6. The maximum Gasteiger partial charge on any atom is 0.161 e. The predicted molar refractivity (Wildman–Crippen MR) is 240 cm³/mol. The van der Waals surface area contributed by atoms with Crippen LogP contribution in [0.1, 0.15) is 16.7 Å². The SMILES string of the molecule is C=N/C(=N\C(=N/Cc1ccccc1)c1cccc(-n2c3ccccc3c3cc(-c4ccc5c6ccccc6n(-c6ccccc6)c5c4)ccc32)c1)c1ccccc1. The number of hydrogen-bond donors (Lipinski definition) is 0. The molecule has 57 heavy (non-hydrogen) atoms. The van der Waals surface area contributed by atoms with Crippen LogP contribution in [0.2, 0.25) is 0 Å². The third-order valence-electron chi connectivity index (χ3n) is 10.7. The fourth-order valence-corrected chi connectivity index (χ4v) is 8.04. The highest BCUT2D eigenvalue weighted by Gasteiger charge is 2.17. The molecule has 5 heteroatoms. The zero-order valence-electron chi connectivity index (χ0n) is 31.2. The molecule has 0 unspecified atom stereocenters. The van der Waals surface area contributed by atoms with Crippen molar-refractivity contribution < 1.29 is 0 Å². The highest BCUT2D eigenvalue weighted by Crippen LogP contribution is 2.38. The van der Waals surface area contributed by atoms with E-state index in [1.165, 1.54) is 43.7 Å². The van der Waals surface area contributed by atoms with Gasteiger partial charge in [-0.15, -0.1) is 0 Å². The average molecular weight is 732 g/mol. The van der Waals surface area contributed by atoms with Gasteiger partial charge in [0.2, 0.25) is 0 Å². The normalized spacial score (nSPS) is 12.2. The fourth-order valence-electron chi connectivity index (χ4n) is 8.04. The van der Waals surface area contributed by atoms with Crippen LogP contribution >= 0.6 is 0 Å². The van der Waals surface area contributed by atoms with E-state index < -0.39 is 0 Å². The number of nitrogens with zero attached hydrogens (tertiary/aromatic N) is 5. The van der Waals surface area contributed by atoms with Crippen molar-refractivity contribution in [3.05, 3.63) is 217 Å². The molecule has 0 fully saturated rings. The van der Waals surface area contributed by atoms with E-state index >= 15 is 0 Å². The molecule has 5 nitrogen and oxygen atoms in total. The van der Waals surface area contributed by atoms with Crippen molar-refractivity contribution in [2.45, 2.75) is 6.54 Å². The number of fused-ring (bicyclic) bond motifs is 6. The van der Waals surface area contributed by atoms with Crippen molar-refractivity contribution in [2.24, 2.45) is 15.0 Å². The Morgan fingerprint density at radius 3 is 1.68 bits per heavy atom. The number of benzene rings is 8. The summed E-state index contributed by atoms with van der Waals surface area (Å²) in [5.74, 6) is 1.12. The number of aromatic nitrogens is 2. The lowest BCUT2D eigenvalue weighted by Gasteiger charge is -2.12. The topological polar surface area (TPSA) is 46.9 Å². The summed E-state index contributed by atoms with van der Waals surface area (Å²) in [6, 6.07) is 70.3. The smallest absolute Gasteiger partial charge is 0.161 e. The molecule has 2 aromatic heterocycles. The standard InChI is InChI=1S/C52H37N5/c1-53-51(37-18-7-3-8-19-37)55-52(54-35-36-16-5-2-6-17-36)40-20-15-23-42(32-40)57-48-27-14-12-25-44(48)46-33-38(29-31-49(46)57)39-28-30-45-43-24-11-13-26-47(43)56(50(45)34-39)41-21-9-4-10-22-41/h2-34H,1,35H2/b54-52-,55-51-. The summed E-state index contributed by atoms with van der Waals surface area (Å²) in [6.07, 6.45) is 0. The van der Waals surface area contributed by atoms with Gasteiger partial charge >= 0.3 is 0 Å². The molecular weight excluding hydrogens is 695 g/mol. The minimum Gasteiger partial charge on any atom is -0.309 e. The Morgan fingerprint density at radius 1 is 0.404 bits per heavy atom. The lowest BCUT2D eigenvalue weighted by atomic mass is 10.0. The van der Waals surface area contributed by atoms with E-state index in [4.69, 9.17) is 9.98 Å². The van der Waals surface area contributed by atoms with Crippen LogP contribution in [0, 0.1) is 0 Å². The summed E-state index contributed by atoms with van der Waals surface area (Å²) < 4.78 is 4.72. The molecule has 270 valence electrons. The molecule has 0 aliphatic carbocycles. The first kappa shape index (κ1) is 33.9. The molecule has 0 aliphatic rings. The molecule has 8 aromatic carbocycles. The van der Waals surface area contributed by atoms with E-state index in [9.17, 15) is 0 Å². The van der Waals surface area contributed by atoms with Crippen LogP contribution in [0.15, 0.2) is 215 Å². The molecule has 10 rings (SSSR count). The molecule has 0 spiro atoms. The van der Waals surface area contributed by atoms with E-state index in [1.54, 1.807) is 0 Å². The van der Waals surface area contributed by atoms with Gasteiger partial charge in [0.25, 0.3) is 0 Å². The molecule has 0 N–H and O–H groups in total. The summed E-state index contributed by atoms with van der Waals surface area (Å²) in [4.78, 5) is 14.4. The van der Waals surface area contributed by atoms with E-state index in [2.05, 4.69) is 173 Å². The van der Waals surface area contributed by atoms with Gasteiger partial charge in [0.15, 0.2) is 11.7 Å². The zero-order chi connectivity index (χ0) is 38.1. The minimum atomic E-state index is 0.485. The maximum absolute atomic E-state index is 5.06. The summed E-state index contributed by atoms with van der Waals surface area (Å²) in [5, 5.41) is 4.87. The monoisotopic (exact) mass is 731 g/mol. The summed E-state index contributed by atoms with van der Waals surface area (Å²) in [7, 11) is 0. The molecule has 0 saturated heterocycles. The van der Waals surface area contributed by atoms with Gasteiger partial charge in [-0.25, -0.2) is 9.98 Å². The second-order valence-corrected chi connectivity index (χ2v) is 14.1. The van der Waals surface area contributed by atoms with Crippen molar-refractivity contribution in [3.63, 3.8) is 0 Å². The van der Waals surface area contributed by atoms with Gasteiger partial charge in [-0.3, -0.25) is 4.99 Å². The Labute approximate surface area is 330 Å². The molecule has 0 amide bonds. The van der Waals surface area contributed by atoms with Crippen molar-refractivity contribution in [1.29, 1.82) is 0 Å². The summed E-state index contributed by atoms with van der Waals surface area (Å²) in [5.41, 5.74) is 12.0. The van der Waals surface area contributed by atoms with Crippen molar-refractivity contribution in [2.75, 3.05) is 0 Å². The Bertz CT molecular complexity index is 3150. The van der Waals surface area contributed by atoms with E-state index in [1.807, 2.05) is 48.5 Å². The molecule has 0 atom stereocenters. The lowest BCUT2D eigenvalue weighted by molar-refractivity contribution is 1.06. The highest BCUT2D eigenvalue weighted by molar-refractivity contribution is 6.14. The van der Waals surface area contributed by atoms with Gasteiger partial charge in [-0.1, -0.05) is 146 Å². The first-order valence-electron chi connectivity index (χ1n) is 19.2. The molecule has 0 bridgehead atoms. The molecule has 0 saturated carbocycles. The van der Waals surface area contributed by atoms with Crippen molar-refractivity contribution >= 4 is 62.0 Å². The number of rotatable bonds is 7. The van der Waals surface area contributed by atoms with Gasteiger partial charge in [0.1, 0.15) is 0 Å². The van der Waals surface area contributed by atoms with Crippen LogP contribution in [0.25, 0.3) is 66.1 Å². The van der Waals surface area contributed by atoms with Gasteiger partial charge in [-0.2, -0.15) is 0 Å². The average Bonchev–Trinajstić information content (AvgIpc) is 3.80. The molecule has 10 aromatic rings. The third-order valence-corrected chi connectivity index (χ3v) is 10.7. The number of para-hydroxylation sites is 3. The van der Waals surface area contributed by atoms with Gasteiger partial charge in [0, 0.05) is 44.0 Å². The molecule has 0 radical (unpaired) electrons. The van der Waals surface area contributed by atoms with Crippen molar-refractivity contribution in [1.82, 2.24) is 9.13 Å². The highest BCUT2D eigenvalue weighted by atomic mass is 15.0. The Balaban J connectivity index is 1.10. The number of hydrogen-bond acceptors (Lipinski definition) is 1. The summed E-state index contributed by atoms with van der Waals surface area (Å²) in [6.45, 7) is 4.34. The number of aliphatic imine (C=N–C) groups is 3. The van der Waals surface area contributed by atoms with Crippen molar-refractivity contribution in [3.8, 4) is 22.5 Å². The Kier molecular flexibility index (Phi) is 8.65. The van der Waals surface area contributed by atoms with Gasteiger partial charge in [0.05, 0.1) is 28.6 Å². The van der Waals surface area contributed by atoms with Gasteiger partial charge < -0.3 is 9.13 Å². The second kappa shape index (κ2) is 14.5. The van der Waals surface area contributed by atoms with Crippen LogP contribution in [0.3, 0.4) is 0 Å². The first-order valence-corrected chi connectivity index (χ1v) is 19.2. The maximum atomic E-state index is 5.06. The fraction of sp³-hybridized carbons (Fsp3) is 0.0192. The van der Waals surface area contributed by atoms with Crippen LogP contribution in [0.5, 0.6) is 0 Å². The summed E-state index contributed by atoms with van der Waals surface area (Å²) >= 11 is 0. The van der Waals surface area contributed by atoms with Crippen LogP contribution in [0.4, 0.5) is 0 Å². The van der Waals surface area contributed by atoms with Crippen LogP contribution < -0.4 is 0 Å². The van der Waals surface area contributed by atoms with Gasteiger partial charge in [-0.05, 0) is 78.0 Å². The second-order valence-electron chi connectivity index (χ2n) is 14.1. The van der Waals surface area contributed by atoms with Crippen LogP contribution in [-0.2, 0) is 6.54 Å². The largest absolute Gasteiger partial charge is 0.309 e. The molecule has 0 aliphatic heterocycles. The van der Waals surface area contributed by atoms with E-state index in [0.717, 1.165) is 39.1 Å². The van der Waals surface area contributed by atoms with E-state index in [0.29, 0.717) is 18.2 Å². The molecular formula is C52H37N5.